The number of carbonyl (C=O) groups excluding carboxylic acids is 2. The lowest BCUT2D eigenvalue weighted by Crippen LogP contribution is -2.42. The third kappa shape index (κ3) is 5.65. The second kappa shape index (κ2) is 10.1. The maximum Gasteiger partial charge on any atom is 0.407 e. The van der Waals surface area contributed by atoms with Crippen LogP contribution in [0.4, 0.5) is 4.79 Å². The fourth-order valence-corrected chi connectivity index (χ4v) is 4.96. The van der Waals surface area contributed by atoms with Crippen molar-refractivity contribution in [2.45, 2.75) is 57.3 Å². The van der Waals surface area contributed by atoms with Crippen molar-refractivity contribution < 1.29 is 29.0 Å². The molecule has 0 spiro atoms. The van der Waals surface area contributed by atoms with Gasteiger partial charge < -0.3 is 24.8 Å². The van der Waals surface area contributed by atoms with E-state index in [1.165, 1.54) is 4.90 Å². The smallest absolute Gasteiger partial charge is 0.407 e. The molecule has 8 nitrogen and oxygen atoms in total. The van der Waals surface area contributed by atoms with E-state index in [0.29, 0.717) is 0 Å². The van der Waals surface area contributed by atoms with Gasteiger partial charge in [-0.15, -0.1) is 0 Å². The molecule has 4 rings (SSSR count). The van der Waals surface area contributed by atoms with Crippen LogP contribution >= 0.6 is 0 Å². The summed E-state index contributed by atoms with van der Waals surface area (Å²) in [5, 5.41) is 12.2. The Kier molecular flexibility index (Phi) is 7.12. The van der Waals surface area contributed by atoms with E-state index in [2.05, 4.69) is 17.4 Å². The summed E-state index contributed by atoms with van der Waals surface area (Å²) in [5.74, 6) is -1.44. The van der Waals surface area contributed by atoms with Gasteiger partial charge in [0, 0.05) is 31.8 Å². The first-order valence-corrected chi connectivity index (χ1v) is 11.9. The summed E-state index contributed by atoms with van der Waals surface area (Å²) in [6.45, 7) is 6.15. The largest absolute Gasteiger partial charge is 0.480 e. The number of hydrogen-bond acceptors (Lipinski definition) is 5. The number of amides is 2. The third-order valence-electron chi connectivity index (χ3n) is 6.34. The van der Waals surface area contributed by atoms with Crippen LogP contribution < -0.4 is 5.32 Å². The van der Waals surface area contributed by atoms with Crippen LogP contribution in [0.5, 0.6) is 0 Å². The Morgan fingerprint density at radius 2 is 1.63 bits per heavy atom. The Balaban J connectivity index is 1.27. The van der Waals surface area contributed by atoms with Gasteiger partial charge in [0.1, 0.15) is 12.6 Å². The monoisotopic (exact) mass is 480 g/mol. The molecule has 1 aliphatic carbocycles. The summed E-state index contributed by atoms with van der Waals surface area (Å²) >= 11 is 0. The molecule has 0 bridgehead atoms. The topological polar surface area (TPSA) is 105 Å². The summed E-state index contributed by atoms with van der Waals surface area (Å²) in [4.78, 5) is 38.0. The summed E-state index contributed by atoms with van der Waals surface area (Å²) in [6.07, 6.45) is -0.714. The van der Waals surface area contributed by atoms with Crippen LogP contribution in [0.1, 0.15) is 50.7 Å². The van der Waals surface area contributed by atoms with Crippen LogP contribution in [0.3, 0.4) is 0 Å². The van der Waals surface area contributed by atoms with Gasteiger partial charge in [-0.3, -0.25) is 4.79 Å². The number of benzene rings is 2. The number of alkyl carbamates (subject to hydrolysis) is 1. The molecule has 2 N–H and O–H groups in total. The molecule has 2 atom stereocenters. The van der Waals surface area contributed by atoms with E-state index in [0.717, 1.165) is 22.3 Å². The van der Waals surface area contributed by atoms with Gasteiger partial charge >= 0.3 is 12.1 Å². The van der Waals surface area contributed by atoms with Crippen LogP contribution in [-0.2, 0) is 19.1 Å². The molecule has 0 radical (unpaired) electrons. The van der Waals surface area contributed by atoms with Crippen LogP contribution in [0.2, 0.25) is 0 Å². The number of carboxylic acid groups (broad SMARTS) is 1. The molecule has 8 heteroatoms. The highest BCUT2D eigenvalue weighted by Crippen LogP contribution is 2.44. The summed E-state index contributed by atoms with van der Waals surface area (Å²) in [6, 6.07) is 15.2. The minimum absolute atomic E-state index is 0.0176. The Morgan fingerprint density at radius 1 is 1.03 bits per heavy atom. The predicted octanol–water partition coefficient (Wildman–Crippen LogP) is 3.78. The zero-order valence-corrected chi connectivity index (χ0v) is 20.3. The van der Waals surface area contributed by atoms with Crippen LogP contribution in [0, 0.1) is 0 Å². The SMILES string of the molecule is CC(C)(C)O[C@@H]1C[C@@H](C(=O)O)N(C(=O)CCNC(=O)OCC2c3ccccc3-c3ccccc32)C1. The number of likely N-dealkylation sites (tertiary alicyclic amines) is 1. The first-order chi connectivity index (χ1) is 16.6. The number of carboxylic acids is 1. The minimum Gasteiger partial charge on any atom is -0.480 e. The highest BCUT2D eigenvalue weighted by molar-refractivity contribution is 5.85. The number of nitrogens with zero attached hydrogens (tertiary/aromatic N) is 1. The van der Waals surface area contributed by atoms with E-state index in [9.17, 15) is 19.5 Å². The van der Waals surface area contributed by atoms with Crippen LogP contribution in [0.15, 0.2) is 48.5 Å². The van der Waals surface area contributed by atoms with Crippen molar-refractivity contribution in [3.05, 3.63) is 59.7 Å². The number of aliphatic carboxylic acids is 1. The lowest BCUT2D eigenvalue weighted by atomic mass is 9.98. The van der Waals surface area contributed by atoms with E-state index in [1.807, 2.05) is 57.2 Å². The van der Waals surface area contributed by atoms with Crippen molar-refractivity contribution in [1.29, 1.82) is 0 Å². The molecule has 2 aliphatic rings. The molecule has 35 heavy (non-hydrogen) atoms. The van der Waals surface area contributed by atoms with E-state index >= 15 is 0 Å². The Hall–Kier alpha value is -3.39. The van der Waals surface area contributed by atoms with Gasteiger partial charge in [-0.2, -0.15) is 0 Å². The van der Waals surface area contributed by atoms with Gasteiger partial charge in [0.2, 0.25) is 5.91 Å². The van der Waals surface area contributed by atoms with Crippen molar-refractivity contribution >= 4 is 18.0 Å². The molecule has 2 aromatic rings. The van der Waals surface area contributed by atoms with Gasteiger partial charge in [-0.1, -0.05) is 48.5 Å². The van der Waals surface area contributed by atoms with Crippen LogP contribution in [-0.4, -0.2) is 65.4 Å². The number of carbonyl (C=O) groups is 3. The molecule has 1 saturated heterocycles. The fourth-order valence-electron chi connectivity index (χ4n) is 4.96. The third-order valence-corrected chi connectivity index (χ3v) is 6.34. The fraction of sp³-hybridized carbons (Fsp3) is 0.444. The van der Waals surface area contributed by atoms with E-state index in [1.54, 1.807) is 0 Å². The average Bonchev–Trinajstić information content (AvgIpc) is 3.36. The standard InChI is InChI=1S/C27H32N2O6/c1-27(2,3)35-17-14-23(25(31)32)29(15-17)24(30)12-13-28-26(33)34-16-22-20-10-6-4-8-18(20)19-9-5-7-11-21(19)22/h4-11,17,22-23H,12-16H2,1-3H3,(H,28,33)(H,31,32)/t17-,23+/m1/s1. The van der Waals surface area contributed by atoms with Crippen molar-refractivity contribution in [1.82, 2.24) is 10.2 Å². The summed E-state index contributed by atoms with van der Waals surface area (Å²) in [7, 11) is 0. The summed E-state index contributed by atoms with van der Waals surface area (Å²) < 4.78 is 11.4. The first kappa shape index (κ1) is 24.7. The molecule has 1 aliphatic heterocycles. The summed E-state index contributed by atoms with van der Waals surface area (Å²) in [5.41, 5.74) is 4.11. The van der Waals surface area contributed by atoms with Crippen molar-refractivity contribution in [3.63, 3.8) is 0 Å². The van der Waals surface area contributed by atoms with Gasteiger partial charge in [-0.25, -0.2) is 9.59 Å². The molecular weight excluding hydrogens is 448 g/mol. The second-order valence-electron chi connectivity index (χ2n) is 9.99. The normalized spacial score (nSPS) is 19.2. The minimum atomic E-state index is -1.05. The molecule has 186 valence electrons. The number of fused-ring (bicyclic) bond motifs is 3. The molecule has 2 amide bonds. The molecule has 0 unspecified atom stereocenters. The molecule has 2 aromatic carbocycles. The van der Waals surface area contributed by atoms with E-state index in [-0.39, 0.29) is 50.5 Å². The maximum absolute atomic E-state index is 12.7. The highest BCUT2D eigenvalue weighted by atomic mass is 16.5. The Bertz CT molecular complexity index is 1060. The van der Waals surface area contributed by atoms with E-state index < -0.39 is 23.7 Å². The van der Waals surface area contributed by atoms with Crippen molar-refractivity contribution in [3.8, 4) is 11.1 Å². The zero-order valence-electron chi connectivity index (χ0n) is 20.3. The number of nitrogens with one attached hydrogen (secondary N) is 1. The molecular formula is C27H32N2O6. The highest BCUT2D eigenvalue weighted by Gasteiger charge is 2.41. The van der Waals surface area contributed by atoms with Gasteiger partial charge in [0.25, 0.3) is 0 Å². The number of hydrogen-bond donors (Lipinski definition) is 2. The average molecular weight is 481 g/mol. The quantitative estimate of drug-likeness (QED) is 0.625. The maximum atomic E-state index is 12.7. The lowest BCUT2D eigenvalue weighted by molar-refractivity contribution is -0.148. The Morgan fingerprint density at radius 3 is 2.20 bits per heavy atom. The molecule has 0 aromatic heterocycles. The molecule has 1 fully saturated rings. The second-order valence-corrected chi connectivity index (χ2v) is 9.99. The van der Waals surface area contributed by atoms with Crippen molar-refractivity contribution in [2.24, 2.45) is 0 Å². The van der Waals surface area contributed by atoms with E-state index in [4.69, 9.17) is 9.47 Å². The van der Waals surface area contributed by atoms with Gasteiger partial charge in [-0.05, 0) is 43.0 Å². The van der Waals surface area contributed by atoms with Gasteiger partial charge in [0.15, 0.2) is 0 Å². The Labute approximate surface area is 205 Å². The molecule has 1 heterocycles. The number of ether oxygens (including phenoxy) is 2. The molecule has 0 saturated carbocycles. The zero-order chi connectivity index (χ0) is 25.2. The van der Waals surface area contributed by atoms with Crippen LogP contribution in [0.25, 0.3) is 11.1 Å². The van der Waals surface area contributed by atoms with Crippen molar-refractivity contribution in [2.75, 3.05) is 19.7 Å². The van der Waals surface area contributed by atoms with Gasteiger partial charge in [0.05, 0.1) is 11.7 Å². The lowest BCUT2D eigenvalue weighted by Gasteiger charge is -2.25. The predicted molar refractivity (Wildman–Crippen MR) is 130 cm³/mol. The first-order valence-electron chi connectivity index (χ1n) is 11.9. The number of rotatable bonds is 7.